The first kappa shape index (κ1) is 32.7. The maximum absolute atomic E-state index is 12.9. The van der Waals surface area contributed by atoms with E-state index < -0.39 is 18.0 Å². The monoisotopic (exact) mass is 629 g/mol. The normalized spacial score (nSPS) is 11.5. The van der Waals surface area contributed by atoms with E-state index in [0.717, 1.165) is 16.0 Å². The lowest BCUT2D eigenvalue weighted by Crippen LogP contribution is -2.33. The van der Waals surface area contributed by atoms with Crippen LogP contribution >= 0.6 is 11.3 Å². The number of rotatable bonds is 13. The molecular weight excluding hydrogens is 594 g/mol. The summed E-state index contributed by atoms with van der Waals surface area (Å²) in [4.78, 5) is 38.8. The Bertz CT molecular complexity index is 1670. The summed E-state index contributed by atoms with van der Waals surface area (Å²) >= 11 is 1.32. The fourth-order valence-electron chi connectivity index (χ4n) is 4.16. The number of nitrogens with one attached hydrogen (secondary N) is 2. The molecule has 0 fully saturated rings. The Morgan fingerprint density at radius 3 is 2.40 bits per heavy atom. The number of thiophene rings is 1. The number of hydrazone groups is 1. The summed E-state index contributed by atoms with van der Waals surface area (Å²) in [6.07, 6.45) is 0.625. The number of anilines is 1. The number of nitrogens with zero attached hydrogens (tertiary/aromatic N) is 1. The third kappa shape index (κ3) is 8.70. The number of ether oxygens (including phenoxy) is 4. The maximum atomic E-state index is 12.9. The molecule has 10 nitrogen and oxygen atoms in total. The molecule has 0 saturated carbocycles. The van der Waals surface area contributed by atoms with Crippen molar-refractivity contribution in [1.82, 2.24) is 5.43 Å². The fourth-order valence-corrected chi connectivity index (χ4v) is 5.21. The first-order chi connectivity index (χ1) is 21.7. The number of methoxy groups -OCH3 is 1. The minimum atomic E-state index is -0.866. The van der Waals surface area contributed by atoms with Crippen LogP contribution in [0.15, 0.2) is 77.9 Å². The third-order valence-electron chi connectivity index (χ3n) is 6.70. The molecule has 1 heterocycles. The number of aryl methyl sites for hydroxylation is 1. The third-order valence-corrected chi connectivity index (χ3v) is 7.83. The van der Waals surface area contributed by atoms with Crippen LogP contribution in [0.4, 0.5) is 5.00 Å². The van der Waals surface area contributed by atoms with Crippen molar-refractivity contribution in [3.8, 4) is 17.2 Å². The molecule has 0 spiro atoms. The molecule has 0 radical (unpaired) electrons. The minimum Gasteiger partial charge on any atom is -0.493 e. The van der Waals surface area contributed by atoms with Crippen LogP contribution in [0.3, 0.4) is 0 Å². The molecule has 4 rings (SSSR count). The van der Waals surface area contributed by atoms with E-state index in [2.05, 4.69) is 15.8 Å². The molecular formula is C34H35N3O7S. The van der Waals surface area contributed by atoms with Crippen LogP contribution in [0.1, 0.15) is 56.1 Å². The predicted molar refractivity (Wildman–Crippen MR) is 174 cm³/mol. The lowest BCUT2D eigenvalue weighted by molar-refractivity contribution is -0.127. The highest BCUT2D eigenvalue weighted by atomic mass is 32.1. The van der Waals surface area contributed by atoms with Gasteiger partial charge < -0.3 is 24.3 Å². The fraction of sp³-hybridized carbons (Fsp3) is 0.235. The first-order valence-electron chi connectivity index (χ1n) is 14.2. The molecule has 0 aliphatic rings. The van der Waals surface area contributed by atoms with Crippen LogP contribution < -0.4 is 25.0 Å². The van der Waals surface area contributed by atoms with Crippen molar-refractivity contribution in [2.45, 2.75) is 40.4 Å². The highest BCUT2D eigenvalue weighted by molar-refractivity contribution is 7.16. The van der Waals surface area contributed by atoms with E-state index in [1.807, 2.05) is 44.2 Å². The van der Waals surface area contributed by atoms with E-state index in [1.54, 1.807) is 63.4 Å². The predicted octanol–water partition coefficient (Wildman–Crippen LogP) is 6.30. The average molecular weight is 630 g/mol. The van der Waals surface area contributed by atoms with E-state index >= 15 is 0 Å². The summed E-state index contributed by atoms with van der Waals surface area (Å²) in [7, 11) is 1.55. The Morgan fingerprint density at radius 2 is 1.71 bits per heavy atom. The molecule has 1 aromatic heterocycles. The van der Waals surface area contributed by atoms with Gasteiger partial charge in [-0.25, -0.2) is 10.2 Å². The standard InChI is InChI=1S/C34H35N3O7S/c1-6-42-34(40)30-21(2)23(4)45-33(30)36-32(39)26-13-15-27(16-14-26)44-22(3)31(38)37-35-19-25-12-17-28(29(18-25)41-5)43-20-24-10-8-7-9-11-24/h7-19,22H,6,20H2,1-5H3,(H,36,39)(H,37,38). The van der Waals surface area contributed by atoms with Crippen LogP contribution in [0.25, 0.3) is 0 Å². The molecule has 2 N–H and O–H groups in total. The molecule has 3 aromatic carbocycles. The van der Waals surface area contributed by atoms with Gasteiger partial charge in [0.2, 0.25) is 0 Å². The summed E-state index contributed by atoms with van der Waals surface area (Å²) in [5, 5.41) is 7.28. The van der Waals surface area contributed by atoms with Gasteiger partial charge in [0.1, 0.15) is 17.4 Å². The van der Waals surface area contributed by atoms with Crippen molar-refractivity contribution < 1.29 is 33.3 Å². The number of amides is 2. The minimum absolute atomic E-state index is 0.236. The summed E-state index contributed by atoms with van der Waals surface area (Å²) < 4.78 is 22.2. The van der Waals surface area contributed by atoms with Gasteiger partial charge in [-0.1, -0.05) is 30.3 Å². The second-order valence-electron chi connectivity index (χ2n) is 9.87. The van der Waals surface area contributed by atoms with Gasteiger partial charge in [0, 0.05) is 10.4 Å². The molecule has 0 saturated heterocycles. The maximum Gasteiger partial charge on any atom is 0.341 e. The van der Waals surface area contributed by atoms with Crippen LogP contribution in [0.2, 0.25) is 0 Å². The van der Waals surface area contributed by atoms with Crippen molar-refractivity contribution in [1.29, 1.82) is 0 Å². The number of carbonyl (C=O) groups excluding carboxylic acids is 3. The van der Waals surface area contributed by atoms with Crippen molar-refractivity contribution >= 4 is 40.3 Å². The lowest BCUT2D eigenvalue weighted by atomic mass is 10.1. The van der Waals surface area contributed by atoms with Crippen molar-refractivity contribution in [3.05, 3.63) is 105 Å². The molecule has 4 aromatic rings. The topological polar surface area (TPSA) is 125 Å². The number of esters is 1. The van der Waals surface area contributed by atoms with Crippen molar-refractivity contribution in [3.63, 3.8) is 0 Å². The van der Waals surface area contributed by atoms with Crippen molar-refractivity contribution in [2.24, 2.45) is 5.10 Å². The number of hydrogen-bond acceptors (Lipinski definition) is 9. The SMILES string of the molecule is CCOC(=O)c1c(NC(=O)c2ccc(OC(C)C(=O)NN=Cc3ccc(OCc4ccccc4)c(OC)c3)cc2)sc(C)c1C. The summed E-state index contributed by atoms with van der Waals surface area (Å²) in [6, 6.07) is 21.5. The quantitative estimate of drug-likeness (QED) is 0.101. The molecule has 1 unspecified atom stereocenters. The second-order valence-corrected chi connectivity index (χ2v) is 11.1. The molecule has 11 heteroatoms. The highest BCUT2D eigenvalue weighted by Gasteiger charge is 2.22. The Balaban J connectivity index is 1.29. The second kappa shape index (κ2) is 15.5. The van der Waals surface area contributed by atoms with Gasteiger partial charge >= 0.3 is 5.97 Å². The Labute approximate surface area is 266 Å². The lowest BCUT2D eigenvalue weighted by Gasteiger charge is -2.13. The van der Waals surface area contributed by atoms with Gasteiger partial charge in [0.25, 0.3) is 11.8 Å². The molecule has 2 amide bonds. The van der Waals surface area contributed by atoms with Gasteiger partial charge in [-0.15, -0.1) is 11.3 Å². The van der Waals surface area contributed by atoms with E-state index in [-0.39, 0.29) is 12.5 Å². The summed E-state index contributed by atoms with van der Waals surface area (Å²) in [5.41, 5.74) is 5.70. The van der Waals surface area contributed by atoms with E-state index in [4.69, 9.17) is 18.9 Å². The molecule has 0 aliphatic heterocycles. The summed E-state index contributed by atoms with van der Waals surface area (Å²) in [5.74, 6) is 0.195. The van der Waals surface area contributed by atoms with Crippen LogP contribution in [-0.2, 0) is 16.1 Å². The Hall–Kier alpha value is -5.16. The first-order valence-corrected chi connectivity index (χ1v) is 15.0. The zero-order chi connectivity index (χ0) is 32.3. The highest BCUT2D eigenvalue weighted by Crippen LogP contribution is 2.33. The van der Waals surface area contributed by atoms with E-state index in [1.165, 1.54) is 17.6 Å². The van der Waals surface area contributed by atoms with Crippen LogP contribution in [0.5, 0.6) is 17.2 Å². The molecule has 45 heavy (non-hydrogen) atoms. The smallest absolute Gasteiger partial charge is 0.341 e. The molecule has 0 bridgehead atoms. The van der Waals surface area contributed by atoms with Crippen LogP contribution in [-0.4, -0.2) is 43.8 Å². The van der Waals surface area contributed by atoms with Gasteiger partial charge in [-0.3, -0.25) is 9.59 Å². The molecule has 0 aliphatic carbocycles. The number of carbonyl (C=O) groups is 3. The average Bonchev–Trinajstić information content (AvgIpc) is 3.32. The Kier molecular flexibility index (Phi) is 11.3. The summed E-state index contributed by atoms with van der Waals surface area (Å²) in [6.45, 7) is 7.66. The largest absolute Gasteiger partial charge is 0.493 e. The van der Waals surface area contributed by atoms with Gasteiger partial charge in [0.15, 0.2) is 17.6 Å². The van der Waals surface area contributed by atoms with Gasteiger partial charge in [-0.2, -0.15) is 5.10 Å². The van der Waals surface area contributed by atoms with Gasteiger partial charge in [-0.05, 0) is 86.8 Å². The Morgan fingerprint density at radius 1 is 0.978 bits per heavy atom. The zero-order valence-electron chi connectivity index (χ0n) is 25.7. The molecule has 234 valence electrons. The number of benzene rings is 3. The van der Waals surface area contributed by atoms with E-state index in [0.29, 0.717) is 45.5 Å². The van der Waals surface area contributed by atoms with Gasteiger partial charge in [0.05, 0.1) is 25.5 Å². The molecule has 1 atom stereocenters. The van der Waals surface area contributed by atoms with E-state index in [9.17, 15) is 14.4 Å². The van der Waals surface area contributed by atoms with Crippen molar-refractivity contribution in [2.75, 3.05) is 19.0 Å². The zero-order valence-corrected chi connectivity index (χ0v) is 26.5. The van der Waals surface area contributed by atoms with Crippen LogP contribution in [0, 0.1) is 13.8 Å². The number of hydrogen-bond donors (Lipinski definition) is 2.